The van der Waals surface area contributed by atoms with Crippen molar-refractivity contribution in [2.24, 2.45) is 0 Å². The van der Waals surface area contributed by atoms with Crippen molar-refractivity contribution >= 4 is 6.16 Å². The lowest BCUT2D eigenvalue weighted by atomic mass is 10.7. The predicted molar refractivity (Wildman–Crippen MR) is 53.6 cm³/mol. The Morgan fingerprint density at radius 2 is 1.40 bits per heavy atom. The Morgan fingerprint density at radius 3 is 1.67 bits per heavy atom. The Hall–Kier alpha value is -0.850. The molecule has 0 aliphatic carbocycles. The van der Waals surface area contributed by atoms with Gasteiger partial charge in [0.05, 0.1) is 39.6 Å². The van der Waals surface area contributed by atoms with Crippen LogP contribution in [0.1, 0.15) is 13.8 Å². The molecule has 0 aromatic rings. The molecule has 92 valence electrons. The molecule has 0 rings (SSSR count). The highest BCUT2D eigenvalue weighted by molar-refractivity contribution is 5.59. The molecule has 0 saturated carbocycles. The van der Waals surface area contributed by atoms with Gasteiger partial charge in [-0.3, -0.25) is 0 Å². The number of carbonyl (C=O) groups is 1. The van der Waals surface area contributed by atoms with E-state index >= 15 is 0 Å². The molecule has 15 heavy (non-hydrogen) atoms. The van der Waals surface area contributed by atoms with E-state index in [0.29, 0.717) is 26.4 Å². The Morgan fingerprint density at radius 1 is 1.00 bits per heavy atom. The van der Waals surface area contributed by atoms with Gasteiger partial charge in [0.1, 0.15) is 0 Å². The number of ether oxygens (including phenoxy) is 3. The minimum atomic E-state index is -0.588. The van der Waals surface area contributed by atoms with Crippen LogP contribution in [0.3, 0.4) is 0 Å². The maximum absolute atomic E-state index is 10.2. The number of aliphatic hydroxyl groups is 2. The molecule has 6 heteroatoms. The molecule has 0 atom stereocenters. The maximum atomic E-state index is 10.2. The smallest absolute Gasteiger partial charge is 0.435 e. The van der Waals surface area contributed by atoms with Crippen LogP contribution in [0.2, 0.25) is 0 Å². The van der Waals surface area contributed by atoms with E-state index in [1.54, 1.807) is 13.8 Å². The van der Waals surface area contributed by atoms with Crippen molar-refractivity contribution in [1.29, 1.82) is 0 Å². The third-order valence-electron chi connectivity index (χ3n) is 0.996. The lowest BCUT2D eigenvalue weighted by Gasteiger charge is -1.98. The normalized spacial score (nSPS) is 8.80. The SMILES string of the molecule is CCOC(=O)OCC.OCCOCCO. The van der Waals surface area contributed by atoms with Gasteiger partial charge in [-0.15, -0.1) is 0 Å². The highest BCUT2D eigenvalue weighted by Crippen LogP contribution is 1.81. The zero-order chi connectivity index (χ0) is 11.9. The van der Waals surface area contributed by atoms with Crippen LogP contribution in [0, 0.1) is 0 Å². The summed E-state index contributed by atoms with van der Waals surface area (Å²) in [4.78, 5) is 10.2. The summed E-state index contributed by atoms with van der Waals surface area (Å²) in [5, 5.41) is 16.2. The van der Waals surface area contributed by atoms with Crippen LogP contribution in [0.4, 0.5) is 4.79 Å². The van der Waals surface area contributed by atoms with Crippen LogP contribution < -0.4 is 0 Å². The van der Waals surface area contributed by atoms with Gasteiger partial charge in [0.25, 0.3) is 0 Å². The summed E-state index contributed by atoms with van der Waals surface area (Å²) in [5.41, 5.74) is 0. The molecule has 0 spiro atoms. The fourth-order valence-electron chi connectivity index (χ4n) is 0.509. The second kappa shape index (κ2) is 15.6. The molecule has 0 amide bonds. The van der Waals surface area contributed by atoms with Crippen molar-refractivity contribution in [3.63, 3.8) is 0 Å². The summed E-state index contributed by atoms with van der Waals surface area (Å²) in [5.74, 6) is 0. The van der Waals surface area contributed by atoms with Crippen molar-refractivity contribution in [2.45, 2.75) is 13.8 Å². The fourth-order valence-corrected chi connectivity index (χ4v) is 0.509. The van der Waals surface area contributed by atoms with Crippen LogP contribution >= 0.6 is 0 Å². The van der Waals surface area contributed by atoms with Gasteiger partial charge in [0.2, 0.25) is 0 Å². The van der Waals surface area contributed by atoms with E-state index in [0.717, 1.165) is 0 Å². The number of hydrogen-bond donors (Lipinski definition) is 2. The largest absolute Gasteiger partial charge is 0.508 e. The molecule has 0 radical (unpaired) electrons. The number of hydrogen-bond acceptors (Lipinski definition) is 6. The zero-order valence-electron chi connectivity index (χ0n) is 9.27. The van der Waals surface area contributed by atoms with E-state index in [-0.39, 0.29) is 13.2 Å². The Kier molecular flexibility index (Phi) is 17.3. The van der Waals surface area contributed by atoms with Gasteiger partial charge < -0.3 is 24.4 Å². The first-order chi connectivity index (χ1) is 7.22. The molecular formula is C9H20O6. The third-order valence-corrected chi connectivity index (χ3v) is 0.996. The third kappa shape index (κ3) is 19.5. The first-order valence-corrected chi connectivity index (χ1v) is 4.81. The van der Waals surface area contributed by atoms with E-state index in [1.807, 2.05) is 0 Å². The zero-order valence-corrected chi connectivity index (χ0v) is 9.27. The number of aliphatic hydroxyl groups excluding tert-OH is 2. The molecule has 0 aliphatic rings. The number of rotatable bonds is 6. The van der Waals surface area contributed by atoms with Crippen molar-refractivity contribution in [1.82, 2.24) is 0 Å². The van der Waals surface area contributed by atoms with E-state index < -0.39 is 6.16 Å². The minimum Gasteiger partial charge on any atom is -0.435 e. The summed E-state index contributed by atoms with van der Waals surface area (Å²) in [6.07, 6.45) is -0.588. The van der Waals surface area contributed by atoms with Gasteiger partial charge in [-0.05, 0) is 13.8 Å². The van der Waals surface area contributed by atoms with E-state index in [9.17, 15) is 4.79 Å². The van der Waals surface area contributed by atoms with E-state index in [4.69, 9.17) is 10.2 Å². The molecule has 6 nitrogen and oxygen atoms in total. The Bertz CT molecular complexity index is 116. The van der Waals surface area contributed by atoms with Gasteiger partial charge >= 0.3 is 6.16 Å². The van der Waals surface area contributed by atoms with Crippen LogP contribution in [0.5, 0.6) is 0 Å². The van der Waals surface area contributed by atoms with Crippen LogP contribution in [0.25, 0.3) is 0 Å². The molecule has 0 saturated heterocycles. The first kappa shape index (κ1) is 16.6. The van der Waals surface area contributed by atoms with E-state index in [2.05, 4.69) is 14.2 Å². The monoisotopic (exact) mass is 224 g/mol. The Balaban J connectivity index is 0. The lowest BCUT2D eigenvalue weighted by Crippen LogP contribution is -2.05. The second-order valence-electron chi connectivity index (χ2n) is 2.18. The summed E-state index contributed by atoms with van der Waals surface area (Å²) in [6.45, 7) is 4.91. The molecule has 0 bridgehead atoms. The molecule has 0 aliphatic heterocycles. The molecule has 0 aromatic heterocycles. The van der Waals surface area contributed by atoms with Crippen LogP contribution in [0.15, 0.2) is 0 Å². The molecule has 2 N–H and O–H groups in total. The van der Waals surface area contributed by atoms with Gasteiger partial charge in [-0.1, -0.05) is 0 Å². The molecular weight excluding hydrogens is 204 g/mol. The lowest BCUT2D eigenvalue weighted by molar-refractivity contribution is 0.0630. The molecule has 0 aromatic carbocycles. The van der Waals surface area contributed by atoms with Crippen molar-refractivity contribution in [3.8, 4) is 0 Å². The maximum Gasteiger partial charge on any atom is 0.508 e. The quantitative estimate of drug-likeness (QED) is 0.494. The summed E-state index contributed by atoms with van der Waals surface area (Å²) >= 11 is 0. The first-order valence-electron chi connectivity index (χ1n) is 4.81. The standard InChI is InChI=1S/C5H10O3.C4H10O3/c1-3-7-5(6)8-4-2;5-1-3-7-4-2-6/h3-4H2,1-2H3;5-6H,1-4H2. The van der Waals surface area contributed by atoms with Crippen molar-refractivity contribution in [3.05, 3.63) is 0 Å². The molecule has 0 heterocycles. The molecule has 0 unspecified atom stereocenters. The fraction of sp³-hybridized carbons (Fsp3) is 0.889. The average Bonchev–Trinajstić information content (AvgIpc) is 2.20. The molecule has 0 fully saturated rings. The van der Waals surface area contributed by atoms with Gasteiger partial charge in [-0.2, -0.15) is 0 Å². The predicted octanol–water partition coefficient (Wildman–Crippen LogP) is 0.167. The highest BCUT2D eigenvalue weighted by atomic mass is 16.7. The van der Waals surface area contributed by atoms with Crippen LogP contribution in [-0.4, -0.2) is 56.0 Å². The summed E-state index contributed by atoms with van der Waals surface area (Å²) in [6, 6.07) is 0. The number of carbonyl (C=O) groups excluding carboxylic acids is 1. The average molecular weight is 224 g/mol. The second-order valence-corrected chi connectivity index (χ2v) is 2.18. The Labute approximate surface area is 89.8 Å². The summed E-state index contributed by atoms with van der Waals surface area (Å²) in [7, 11) is 0. The minimum absolute atomic E-state index is 0.0278. The van der Waals surface area contributed by atoms with Gasteiger partial charge in [0, 0.05) is 0 Å². The van der Waals surface area contributed by atoms with E-state index in [1.165, 1.54) is 0 Å². The highest BCUT2D eigenvalue weighted by Gasteiger charge is 1.96. The van der Waals surface area contributed by atoms with Crippen molar-refractivity contribution < 1.29 is 29.2 Å². The van der Waals surface area contributed by atoms with Gasteiger partial charge in [-0.25, -0.2) is 4.79 Å². The van der Waals surface area contributed by atoms with Crippen molar-refractivity contribution in [2.75, 3.05) is 39.6 Å². The van der Waals surface area contributed by atoms with Crippen LogP contribution in [-0.2, 0) is 14.2 Å². The topological polar surface area (TPSA) is 85.2 Å². The van der Waals surface area contributed by atoms with Gasteiger partial charge in [0.15, 0.2) is 0 Å². The summed E-state index contributed by atoms with van der Waals surface area (Å²) < 4.78 is 13.5.